The van der Waals surface area contributed by atoms with Crippen molar-refractivity contribution in [1.29, 1.82) is 0 Å². The zero-order valence-electron chi connectivity index (χ0n) is 11.6. The maximum atomic E-state index is 5.98. The molecule has 0 spiro atoms. The van der Waals surface area contributed by atoms with Gasteiger partial charge in [0.15, 0.2) is 0 Å². The molecule has 19 heavy (non-hydrogen) atoms. The molecule has 0 aromatic carbocycles. The molecule has 1 atom stereocenters. The van der Waals surface area contributed by atoms with Gasteiger partial charge in [0, 0.05) is 12.1 Å². The van der Waals surface area contributed by atoms with Gasteiger partial charge in [-0.3, -0.25) is 0 Å². The van der Waals surface area contributed by atoms with Crippen molar-refractivity contribution >= 4 is 23.2 Å². The van der Waals surface area contributed by atoms with E-state index in [9.17, 15) is 0 Å². The Balaban J connectivity index is 2.02. The van der Waals surface area contributed by atoms with Gasteiger partial charge in [0.2, 0.25) is 0 Å². The summed E-state index contributed by atoms with van der Waals surface area (Å²) in [7, 11) is 0. The topological polar surface area (TPSA) is 55.1 Å². The van der Waals surface area contributed by atoms with Crippen molar-refractivity contribution in [3.63, 3.8) is 0 Å². The van der Waals surface area contributed by atoms with Gasteiger partial charge in [0.05, 0.1) is 0 Å². The molecule has 0 amide bonds. The van der Waals surface area contributed by atoms with Gasteiger partial charge in [-0.2, -0.15) is 19.6 Å². The summed E-state index contributed by atoms with van der Waals surface area (Å²) in [6.07, 6.45) is 5.06. The normalized spacial score (nSPS) is 13.1. The van der Waals surface area contributed by atoms with Crippen LogP contribution < -0.4 is 5.32 Å². The highest BCUT2D eigenvalue weighted by Gasteiger charge is 2.09. The Hall–Kier alpha value is -1.36. The molecular formula is C13H20ClN5. The molecule has 2 aromatic heterocycles. The molecule has 0 aliphatic carbocycles. The minimum atomic E-state index is 0.365. The van der Waals surface area contributed by atoms with Crippen molar-refractivity contribution in [1.82, 2.24) is 19.6 Å². The van der Waals surface area contributed by atoms with Crippen molar-refractivity contribution in [2.75, 3.05) is 5.32 Å². The average molecular weight is 282 g/mol. The van der Waals surface area contributed by atoms with E-state index in [-0.39, 0.29) is 0 Å². The lowest BCUT2D eigenvalue weighted by atomic mass is 10.0. The molecule has 6 heteroatoms. The zero-order chi connectivity index (χ0) is 13.8. The summed E-state index contributed by atoms with van der Waals surface area (Å²) < 4.78 is 1.67. The number of halogens is 1. The van der Waals surface area contributed by atoms with Crippen LogP contribution in [0.2, 0.25) is 5.15 Å². The van der Waals surface area contributed by atoms with Gasteiger partial charge < -0.3 is 5.32 Å². The Labute approximate surface area is 118 Å². The van der Waals surface area contributed by atoms with E-state index in [1.807, 2.05) is 0 Å². The van der Waals surface area contributed by atoms with Gasteiger partial charge in [-0.1, -0.05) is 38.3 Å². The summed E-state index contributed by atoms with van der Waals surface area (Å²) in [4.78, 5) is 8.15. The molecular weight excluding hydrogens is 262 g/mol. The van der Waals surface area contributed by atoms with E-state index in [2.05, 4.69) is 41.2 Å². The van der Waals surface area contributed by atoms with Crippen LogP contribution in [-0.2, 0) is 0 Å². The molecule has 0 aliphatic heterocycles. The number of aromatic nitrogens is 4. The van der Waals surface area contributed by atoms with Crippen LogP contribution in [0.25, 0.3) is 5.78 Å². The molecule has 104 valence electrons. The lowest BCUT2D eigenvalue weighted by Gasteiger charge is -2.16. The van der Waals surface area contributed by atoms with Gasteiger partial charge in [-0.05, 0) is 19.3 Å². The van der Waals surface area contributed by atoms with E-state index < -0.39 is 0 Å². The molecule has 0 bridgehead atoms. The first-order valence-electron chi connectivity index (χ1n) is 6.69. The highest BCUT2D eigenvalue weighted by atomic mass is 35.5. The minimum Gasteiger partial charge on any atom is -0.367 e. The SMILES string of the molecule is CC(C)CCCC(C)Nc1cc(Cl)nc2ncnn12. The predicted molar refractivity (Wildman–Crippen MR) is 77.6 cm³/mol. The van der Waals surface area contributed by atoms with Gasteiger partial charge in [0.25, 0.3) is 5.78 Å². The smallest absolute Gasteiger partial charge is 0.255 e. The van der Waals surface area contributed by atoms with Crippen LogP contribution in [0.5, 0.6) is 0 Å². The van der Waals surface area contributed by atoms with Gasteiger partial charge in [0.1, 0.15) is 17.3 Å². The second-order valence-electron chi connectivity index (χ2n) is 5.31. The fourth-order valence-electron chi connectivity index (χ4n) is 2.04. The quantitative estimate of drug-likeness (QED) is 0.825. The van der Waals surface area contributed by atoms with E-state index in [4.69, 9.17) is 11.6 Å². The van der Waals surface area contributed by atoms with Gasteiger partial charge in [-0.15, -0.1) is 0 Å². The highest BCUT2D eigenvalue weighted by molar-refractivity contribution is 6.29. The summed E-state index contributed by atoms with van der Waals surface area (Å²) in [5, 5.41) is 7.99. The third-order valence-electron chi connectivity index (χ3n) is 3.03. The second kappa shape index (κ2) is 6.19. The van der Waals surface area contributed by atoms with Crippen LogP contribution in [0.1, 0.15) is 40.0 Å². The first-order valence-corrected chi connectivity index (χ1v) is 7.07. The molecule has 2 aromatic rings. The zero-order valence-corrected chi connectivity index (χ0v) is 12.4. The molecule has 0 radical (unpaired) electrons. The third-order valence-corrected chi connectivity index (χ3v) is 3.23. The molecule has 0 fully saturated rings. The molecule has 1 N–H and O–H groups in total. The van der Waals surface area contributed by atoms with Crippen LogP contribution in [0, 0.1) is 5.92 Å². The summed E-state index contributed by atoms with van der Waals surface area (Å²) in [6.45, 7) is 6.66. The minimum absolute atomic E-state index is 0.365. The Morgan fingerprint density at radius 1 is 1.32 bits per heavy atom. The van der Waals surface area contributed by atoms with Crippen molar-refractivity contribution in [3.05, 3.63) is 17.5 Å². The largest absolute Gasteiger partial charge is 0.367 e. The molecule has 0 saturated carbocycles. The lowest BCUT2D eigenvalue weighted by Crippen LogP contribution is -2.18. The second-order valence-corrected chi connectivity index (χ2v) is 5.69. The Morgan fingerprint density at radius 2 is 2.11 bits per heavy atom. The van der Waals surface area contributed by atoms with Crippen LogP contribution in [0.3, 0.4) is 0 Å². The van der Waals surface area contributed by atoms with Gasteiger partial charge in [-0.25, -0.2) is 0 Å². The van der Waals surface area contributed by atoms with Crippen molar-refractivity contribution in [3.8, 4) is 0 Å². The summed E-state index contributed by atoms with van der Waals surface area (Å²) in [5.41, 5.74) is 0. The van der Waals surface area contributed by atoms with E-state index in [0.717, 1.165) is 18.2 Å². The van der Waals surface area contributed by atoms with Crippen molar-refractivity contribution in [2.45, 2.75) is 46.1 Å². The van der Waals surface area contributed by atoms with Crippen LogP contribution >= 0.6 is 11.6 Å². The molecule has 5 nitrogen and oxygen atoms in total. The maximum Gasteiger partial charge on any atom is 0.255 e. The lowest BCUT2D eigenvalue weighted by molar-refractivity contribution is 0.519. The number of fused-ring (bicyclic) bond motifs is 1. The molecule has 1 unspecified atom stereocenters. The number of hydrogen-bond acceptors (Lipinski definition) is 4. The molecule has 0 saturated heterocycles. The van der Waals surface area contributed by atoms with Crippen LogP contribution in [0.4, 0.5) is 5.82 Å². The highest BCUT2D eigenvalue weighted by Crippen LogP contribution is 2.17. The number of anilines is 1. The number of nitrogens with one attached hydrogen (secondary N) is 1. The maximum absolute atomic E-state index is 5.98. The molecule has 2 heterocycles. The average Bonchev–Trinajstić information content (AvgIpc) is 2.76. The number of hydrogen-bond donors (Lipinski definition) is 1. The Bertz CT molecular complexity index is 537. The van der Waals surface area contributed by atoms with E-state index in [1.54, 1.807) is 10.6 Å². The van der Waals surface area contributed by atoms with Gasteiger partial charge >= 0.3 is 0 Å². The first-order chi connectivity index (χ1) is 9.06. The Kier molecular flexibility index (Phi) is 4.58. The monoisotopic (exact) mass is 281 g/mol. The third kappa shape index (κ3) is 3.80. The van der Waals surface area contributed by atoms with E-state index in [0.29, 0.717) is 17.0 Å². The first kappa shape index (κ1) is 14.1. The number of rotatable bonds is 6. The van der Waals surface area contributed by atoms with Crippen LogP contribution in [-0.4, -0.2) is 25.6 Å². The fourth-order valence-corrected chi connectivity index (χ4v) is 2.22. The van der Waals surface area contributed by atoms with Crippen LogP contribution in [0.15, 0.2) is 12.4 Å². The summed E-state index contributed by atoms with van der Waals surface area (Å²) >= 11 is 5.98. The van der Waals surface area contributed by atoms with E-state index in [1.165, 1.54) is 19.2 Å². The van der Waals surface area contributed by atoms with E-state index >= 15 is 0 Å². The predicted octanol–water partition coefficient (Wildman–Crippen LogP) is 3.40. The summed E-state index contributed by atoms with van der Waals surface area (Å²) in [6, 6.07) is 2.15. The summed E-state index contributed by atoms with van der Waals surface area (Å²) in [5.74, 6) is 2.11. The molecule has 2 rings (SSSR count). The molecule has 0 aliphatic rings. The van der Waals surface area contributed by atoms with Crippen molar-refractivity contribution < 1.29 is 0 Å². The number of nitrogens with zero attached hydrogens (tertiary/aromatic N) is 4. The van der Waals surface area contributed by atoms with Crippen molar-refractivity contribution in [2.24, 2.45) is 5.92 Å². The Morgan fingerprint density at radius 3 is 2.84 bits per heavy atom. The fraction of sp³-hybridized carbons (Fsp3) is 0.615. The standard InChI is InChI=1S/C13H20ClN5/c1-9(2)5-4-6-10(3)17-12-7-11(14)18-13-15-8-16-19(12)13/h7-10,17H,4-6H2,1-3H3.